The zero-order chi connectivity index (χ0) is 22.7. The molecule has 1 unspecified atom stereocenters. The second-order valence-electron chi connectivity index (χ2n) is 7.49. The average Bonchev–Trinajstić information content (AvgIpc) is 2.92. The molecule has 0 spiro atoms. The topological polar surface area (TPSA) is 50.8 Å². The van der Waals surface area contributed by atoms with Gasteiger partial charge in [-0.3, -0.25) is 4.79 Å². The second kappa shape index (κ2) is 8.82. The number of nitrogens with zero attached hydrogens (tertiary/aromatic N) is 1. The van der Waals surface area contributed by atoms with Gasteiger partial charge in [-0.05, 0) is 48.5 Å². The van der Waals surface area contributed by atoms with Crippen molar-refractivity contribution in [2.75, 3.05) is 25.1 Å². The molecule has 0 aromatic heterocycles. The van der Waals surface area contributed by atoms with Gasteiger partial charge in [-0.2, -0.15) is 13.2 Å². The van der Waals surface area contributed by atoms with Crippen LogP contribution in [0.15, 0.2) is 72.8 Å². The SMILES string of the molecule is CN1CC(NC(=O)c2cccc(Oc3cccc(C(F)(F)F)c3)c2)COc2ccccc21. The number of likely N-dealkylation sites (N-methyl/N-ethyl adjacent to an activating group) is 1. The van der Waals surface area contributed by atoms with Gasteiger partial charge in [0.15, 0.2) is 0 Å². The Labute approximate surface area is 183 Å². The molecule has 0 bridgehead atoms. The molecule has 1 aliphatic rings. The molecular formula is C24H21F3N2O3. The van der Waals surface area contributed by atoms with Gasteiger partial charge in [0.25, 0.3) is 5.91 Å². The van der Waals surface area contributed by atoms with Crippen molar-refractivity contribution in [1.29, 1.82) is 0 Å². The van der Waals surface area contributed by atoms with Gasteiger partial charge in [0.2, 0.25) is 0 Å². The molecule has 0 saturated heterocycles. The molecule has 1 N–H and O–H groups in total. The molecule has 4 rings (SSSR count). The van der Waals surface area contributed by atoms with Gasteiger partial charge >= 0.3 is 6.18 Å². The van der Waals surface area contributed by atoms with E-state index in [0.29, 0.717) is 18.7 Å². The van der Waals surface area contributed by atoms with Crippen molar-refractivity contribution < 1.29 is 27.4 Å². The lowest BCUT2D eigenvalue weighted by molar-refractivity contribution is -0.137. The fourth-order valence-corrected chi connectivity index (χ4v) is 3.50. The monoisotopic (exact) mass is 442 g/mol. The Morgan fingerprint density at radius 3 is 2.53 bits per heavy atom. The van der Waals surface area contributed by atoms with Gasteiger partial charge in [-0.15, -0.1) is 0 Å². The smallest absolute Gasteiger partial charge is 0.416 e. The van der Waals surface area contributed by atoms with Gasteiger partial charge < -0.3 is 19.7 Å². The summed E-state index contributed by atoms with van der Waals surface area (Å²) >= 11 is 0. The summed E-state index contributed by atoms with van der Waals surface area (Å²) in [5.74, 6) is 0.725. The zero-order valence-corrected chi connectivity index (χ0v) is 17.2. The zero-order valence-electron chi connectivity index (χ0n) is 17.2. The summed E-state index contributed by atoms with van der Waals surface area (Å²) in [5, 5.41) is 2.95. The first-order valence-corrected chi connectivity index (χ1v) is 9.98. The third-order valence-corrected chi connectivity index (χ3v) is 5.04. The van der Waals surface area contributed by atoms with Gasteiger partial charge in [-0.25, -0.2) is 0 Å². The third-order valence-electron chi connectivity index (χ3n) is 5.04. The van der Waals surface area contributed by atoms with Crippen LogP contribution in [0.25, 0.3) is 0 Å². The van der Waals surface area contributed by atoms with Crippen LogP contribution in [0, 0.1) is 0 Å². The normalized spacial score (nSPS) is 15.9. The molecule has 0 aliphatic carbocycles. The van der Waals surface area contributed by atoms with Gasteiger partial charge in [-0.1, -0.05) is 24.3 Å². The number of benzene rings is 3. The molecule has 8 heteroatoms. The first kappa shape index (κ1) is 21.5. The number of carbonyl (C=O) groups is 1. The highest BCUT2D eigenvalue weighted by molar-refractivity contribution is 5.94. The van der Waals surface area contributed by atoms with Crippen LogP contribution in [-0.4, -0.2) is 32.1 Å². The number of hydrogen-bond donors (Lipinski definition) is 1. The van der Waals surface area contributed by atoms with Crippen molar-refractivity contribution in [2.45, 2.75) is 12.2 Å². The third kappa shape index (κ3) is 4.96. The molecule has 5 nitrogen and oxygen atoms in total. The Hall–Kier alpha value is -3.68. The molecule has 3 aromatic carbocycles. The van der Waals surface area contributed by atoms with E-state index < -0.39 is 11.7 Å². The molecule has 32 heavy (non-hydrogen) atoms. The fraction of sp³-hybridized carbons (Fsp3) is 0.208. The number of anilines is 1. The minimum absolute atomic E-state index is 0.0361. The quantitative estimate of drug-likeness (QED) is 0.609. The number of para-hydroxylation sites is 2. The molecular weight excluding hydrogens is 421 g/mol. The molecule has 0 radical (unpaired) electrons. The first-order valence-electron chi connectivity index (χ1n) is 9.98. The number of nitrogens with one attached hydrogen (secondary N) is 1. The minimum Gasteiger partial charge on any atom is -0.489 e. The lowest BCUT2D eigenvalue weighted by atomic mass is 10.1. The van der Waals surface area contributed by atoms with E-state index in [9.17, 15) is 18.0 Å². The van der Waals surface area contributed by atoms with Crippen molar-refractivity contribution >= 4 is 11.6 Å². The standard InChI is InChI=1S/C24H21F3N2O3/c1-29-14-18(15-31-22-11-3-2-10-21(22)29)28-23(30)16-6-4-8-19(12-16)32-20-9-5-7-17(13-20)24(25,26)27/h2-13,18H,14-15H2,1H3,(H,28,30). The summed E-state index contributed by atoms with van der Waals surface area (Å²) in [5.41, 5.74) is 0.474. The summed E-state index contributed by atoms with van der Waals surface area (Å²) in [7, 11) is 1.93. The minimum atomic E-state index is -4.46. The number of alkyl halides is 3. The Morgan fingerprint density at radius 1 is 1.03 bits per heavy atom. The van der Waals surface area contributed by atoms with E-state index in [1.54, 1.807) is 18.2 Å². The number of fused-ring (bicyclic) bond motifs is 1. The van der Waals surface area contributed by atoms with E-state index in [-0.39, 0.29) is 23.4 Å². The van der Waals surface area contributed by atoms with E-state index in [2.05, 4.69) is 5.32 Å². The second-order valence-corrected chi connectivity index (χ2v) is 7.49. The lowest BCUT2D eigenvalue weighted by Gasteiger charge is -2.22. The molecule has 1 atom stereocenters. The summed E-state index contributed by atoms with van der Waals surface area (Å²) in [6.07, 6.45) is -4.46. The molecule has 3 aromatic rings. The molecule has 166 valence electrons. The predicted octanol–water partition coefficient (Wildman–Crippen LogP) is 5.12. The first-order chi connectivity index (χ1) is 15.3. The number of amides is 1. The molecule has 1 heterocycles. The highest BCUT2D eigenvalue weighted by Gasteiger charge is 2.30. The number of carbonyl (C=O) groups excluding carboxylic acids is 1. The van der Waals surface area contributed by atoms with Crippen LogP contribution in [-0.2, 0) is 6.18 Å². The number of hydrogen-bond acceptors (Lipinski definition) is 4. The summed E-state index contributed by atoms with van der Waals surface area (Å²) in [6.45, 7) is 0.872. The Bertz CT molecular complexity index is 1120. The van der Waals surface area contributed by atoms with Crippen LogP contribution < -0.4 is 19.7 Å². The van der Waals surface area contributed by atoms with Crippen molar-refractivity contribution in [3.63, 3.8) is 0 Å². The van der Waals surface area contributed by atoms with Gasteiger partial charge in [0.05, 0.1) is 17.3 Å². The molecule has 1 aliphatic heterocycles. The van der Waals surface area contributed by atoms with Gasteiger partial charge in [0, 0.05) is 19.2 Å². The maximum atomic E-state index is 12.9. The van der Waals surface area contributed by atoms with Crippen LogP contribution in [0.2, 0.25) is 0 Å². The summed E-state index contributed by atoms with van der Waals surface area (Å²) in [4.78, 5) is 14.8. The molecule has 0 fully saturated rings. The maximum absolute atomic E-state index is 12.9. The fourth-order valence-electron chi connectivity index (χ4n) is 3.50. The van der Waals surface area contributed by atoms with E-state index in [4.69, 9.17) is 9.47 Å². The predicted molar refractivity (Wildman–Crippen MR) is 114 cm³/mol. The lowest BCUT2D eigenvalue weighted by Crippen LogP contribution is -2.45. The number of halogens is 3. The van der Waals surface area contributed by atoms with E-state index in [1.165, 1.54) is 18.2 Å². The van der Waals surface area contributed by atoms with Crippen LogP contribution >= 0.6 is 0 Å². The van der Waals surface area contributed by atoms with Gasteiger partial charge in [0.1, 0.15) is 23.9 Å². The Kier molecular flexibility index (Phi) is 5.94. The van der Waals surface area contributed by atoms with Crippen molar-refractivity contribution in [2.24, 2.45) is 0 Å². The van der Waals surface area contributed by atoms with Crippen LogP contribution in [0.1, 0.15) is 15.9 Å². The van der Waals surface area contributed by atoms with Crippen LogP contribution in [0.3, 0.4) is 0 Å². The highest BCUT2D eigenvalue weighted by atomic mass is 19.4. The largest absolute Gasteiger partial charge is 0.489 e. The Balaban J connectivity index is 1.44. The van der Waals surface area contributed by atoms with Crippen molar-refractivity contribution in [3.8, 4) is 17.2 Å². The van der Waals surface area contributed by atoms with Crippen LogP contribution in [0.5, 0.6) is 17.2 Å². The number of ether oxygens (including phenoxy) is 2. The van der Waals surface area contributed by atoms with E-state index in [1.807, 2.05) is 36.2 Å². The number of rotatable bonds is 4. The highest BCUT2D eigenvalue weighted by Crippen LogP contribution is 2.33. The maximum Gasteiger partial charge on any atom is 0.416 e. The molecule has 0 saturated carbocycles. The summed E-state index contributed by atoms with van der Waals surface area (Å²) < 4.78 is 50.2. The van der Waals surface area contributed by atoms with E-state index >= 15 is 0 Å². The van der Waals surface area contributed by atoms with Crippen LogP contribution in [0.4, 0.5) is 18.9 Å². The summed E-state index contributed by atoms with van der Waals surface area (Å²) in [6, 6.07) is 18.3. The van der Waals surface area contributed by atoms with Crippen molar-refractivity contribution in [3.05, 3.63) is 83.9 Å². The Morgan fingerprint density at radius 2 is 1.75 bits per heavy atom. The van der Waals surface area contributed by atoms with E-state index in [0.717, 1.165) is 23.6 Å². The van der Waals surface area contributed by atoms with Crippen molar-refractivity contribution in [1.82, 2.24) is 5.32 Å². The average molecular weight is 442 g/mol. The molecule has 1 amide bonds.